The number of halogens is 1. The fourth-order valence-electron chi connectivity index (χ4n) is 4.31. The van der Waals surface area contributed by atoms with Gasteiger partial charge in [-0.05, 0) is 55.2 Å². The van der Waals surface area contributed by atoms with Crippen molar-refractivity contribution < 1.29 is 13.6 Å². The molecule has 6 heteroatoms. The zero-order chi connectivity index (χ0) is 22.7. The number of urea groups is 1. The van der Waals surface area contributed by atoms with E-state index in [2.05, 4.69) is 31.2 Å². The minimum absolute atomic E-state index is 0.0111. The van der Waals surface area contributed by atoms with Gasteiger partial charge in [0.1, 0.15) is 17.8 Å². The minimum Gasteiger partial charge on any atom is -0.448 e. The Morgan fingerprint density at radius 3 is 2.44 bits per heavy atom. The van der Waals surface area contributed by atoms with Gasteiger partial charge in [0.2, 0.25) is 0 Å². The van der Waals surface area contributed by atoms with Gasteiger partial charge in [-0.1, -0.05) is 31.2 Å². The Morgan fingerprint density at radius 1 is 1.09 bits per heavy atom. The second kappa shape index (κ2) is 9.55. The van der Waals surface area contributed by atoms with E-state index >= 15 is 0 Å². The topological polar surface area (TPSA) is 49.6 Å². The summed E-state index contributed by atoms with van der Waals surface area (Å²) < 4.78 is 19.1. The predicted octanol–water partition coefficient (Wildman–Crippen LogP) is 5.69. The summed E-state index contributed by atoms with van der Waals surface area (Å²) in [7, 11) is 1.83. The highest BCUT2D eigenvalue weighted by Gasteiger charge is 2.35. The lowest BCUT2D eigenvalue weighted by molar-refractivity contribution is 0.138. The summed E-state index contributed by atoms with van der Waals surface area (Å²) in [6.07, 6.45) is 3.48. The zero-order valence-corrected chi connectivity index (χ0v) is 18.9. The van der Waals surface area contributed by atoms with Crippen molar-refractivity contribution in [1.29, 1.82) is 0 Å². The molecule has 0 bridgehead atoms. The predicted molar refractivity (Wildman–Crippen MR) is 123 cm³/mol. The van der Waals surface area contributed by atoms with Gasteiger partial charge in [-0.15, -0.1) is 0 Å². The van der Waals surface area contributed by atoms with Crippen molar-refractivity contribution in [2.45, 2.75) is 38.5 Å². The van der Waals surface area contributed by atoms with Crippen LogP contribution in [0.2, 0.25) is 0 Å². The Kier molecular flexibility index (Phi) is 6.58. The number of aryl methyl sites for hydroxylation is 1. The van der Waals surface area contributed by atoms with E-state index in [1.54, 1.807) is 23.3 Å². The van der Waals surface area contributed by atoms with Gasteiger partial charge >= 0.3 is 6.03 Å². The maximum absolute atomic E-state index is 13.3. The number of aromatic nitrogens is 1. The number of rotatable bonds is 5. The van der Waals surface area contributed by atoms with E-state index in [0.717, 1.165) is 18.4 Å². The number of likely N-dealkylation sites (tertiary alicyclic amines) is 1. The van der Waals surface area contributed by atoms with Crippen molar-refractivity contribution in [2.24, 2.45) is 0 Å². The van der Waals surface area contributed by atoms with E-state index in [4.69, 9.17) is 9.40 Å². The fraction of sp³-hybridized carbons (Fsp3) is 0.385. The molecule has 32 heavy (non-hydrogen) atoms. The molecule has 0 N–H and O–H groups in total. The summed E-state index contributed by atoms with van der Waals surface area (Å²) in [6, 6.07) is 14.9. The van der Waals surface area contributed by atoms with Crippen LogP contribution in [0.15, 0.2) is 59.2 Å². The third-order valence-electron chi connectivity index (χ3n) is 6.39. The summed E-state index contributed by atoms with van der Waals surface area (Å²) in [5, 5.41) is 0. The molecule has 0 spiro atoms. The average molecular weight is 436 g/mol. The molecular formula is C26H30FN3O2. The number of hydrogen-bond donors (Lipinski definition) is 0. The van der Waals surface area contributed by atoms with E-state index in [1.807, 2.05) is 18.9 Å². The molecular weight excluding hydrogens is 405 g/mol. The molecule has 1 saturated heterocycles. The van der Waals surface area contributed by atoms with E-state index < -0.39 is 0 Å². The number of oxazole rings is 1. The van der Waals surface area contributed by atoms with Gasteiger partial charge in [0, 0.05) is 38.2 Å². The number of amides is 2. The number of piperidine rings is 1. The molecule has 0 radical (unpaired) electrons. The monoisotopic (exact) mass is 435 g/mol. The van der Waals surface area contributed by atoms with Gasteiger partial charge in [0.25, 0.3) is 0 Å². The van der Waals surface area contributed by atoms with Crippen molar-refractivity contribution in [3.8, 4) is 11.3 Å². The molecule has 4 rings (SSSR count). The quantitative estimate of drug-likeness (QED) is 0.517. The van der Waals surface area contributed by atoms with Crippen molar-refractivity contribution in [1.82, 2.24) is 14.8 Å². The van der Waals surface area contributed by atoms with Crippen LogP contribution in [0.25, 0.3) is 11.3 Å². The van der Waals surface area contributed by atoms with Crippen LogP contribution in [0.5, 0.6) is 0 Å². The maximum atomic E-state index is 13.3. The van der Waals surface area contributed by atoms with Crippen LogP contribution in [0.4, 0.5) is 9.18 Å². The van der Waals surface area contributed by atoms with E-state index in [0.29, 0.717) is 31.2 Å². The lowest BCUT2D eigenvalue weighted by Gasteiger charge is -2.38. The van der Waals surface area contributed by atoms with Crippen LogP contribution in [0.1, 0.15) is 49.1 Å². The Bertz CT molecular complexity index is 1050. The fourth-order valence-corrected chi connectivity index (χ4v) is 4.31. The molecule has 1 aromatic heterocycles. The second-order valence-electron chi connectivity index (χ2n) is 8.50. The highest BCUT2D eigenvalue weighted by atomic mass is 19.1. The van der Waals surface area contributed by atoms with Crippen molar-refractivity contribution >= 4 is 6.03 Å². The van der Waals surface area contributed by atoms with E-state index in [-0.39, 0.29) is 23.7 Å². The first-order valence-corrected chi connectivity index (χ1v) is 11.3. The van der Waals surface area contributed by atoms with Gasteiger partial charge in [0.05, 0.1) is 5.92 Å². The van der Waals surface area contributed by atoms with Gasteiger partial charge in [-0.3, -0.25) is 0 Å². The van der Waals surface area contributed by atoms with Gasteiger partial charge in [-0.2, -0.15) is 0 Å². The van der Waals surface area contributed by atoms with Crippen LogP contribution < -0.4 is 0 Å². The molecule has 2 aromatic carbocycles. The second-order valence-corrected chi connectivity index (χ2v) is 8.50. The Hall–Kier alpha value is -3.15. The first kappa shape index (κ1) is 22.1. The van der Waals surface area contributed by atoms with Crippen LogP contribution in [0, 0.1) is 5.82 Å². The zero-order valence-electron chi connectivity index (χ0n) is 18.9. The van der Waals surface area contributed by atoms with Crippen molar-refractivity contribution in [3.63, 3.8) is 0 Å². The summed E-state index contributed by atoms with van der Waals surface area (Å²) in [5.41, 5.74) is 4.02. The third kappa shape index (κ3) is 4.69. The molecule has 2 amide bonds. The maximum Gasteiger partial charge on any atom is 0.319 e. The number of nitrogens with zero attached hydrogens (tertiary/aromatic N) is 3. The van der Waals surface area contributed by atoms with E-state index in [9.17, 15) is 9.18 Å². The van der Waals surface area contributed by atoms with Gasteiger partial charge in [0.15, 0.2) is 5.89 Å². The Balaban J connectivity index is 1.61. The molecule has 2 unspecified atom stereocenters. The molecule has 168 valence electrons. The van der Waals surface area contributed by atoms with Gasteiger partial charge < -0.3 is 14.2 Å². The molecule has 3 aromatic rings. The summed E-state index contributed by atoms with van der Waals surface area (Å²) in [5.74, 6) is 0.532. The molecule has 1 fully saturated rings. The van der Waals surface area contributed by atoms with Crippen LogP contribution in [-0.2, 0) is 6.42 Å². The third-order valence-corrected chi connectivity index (χ3v) is 6.39. The highest BCUT2D eigenvalue weighted by Crippen LogP contribution is 2.37. The standard InChI is InChI=1S/C26H30FN3O2/c1-4-18-6-8-19(9-7-18)21-14-22(16-30(15-21)26(31)29(3)5-2)25-28-24(17-32-25)20-10-12-23(27)13-11-20/h6-13,17,21-22H,4-5,14-16H2,1-3H3. The lowest BCUT2D eigenvalue weighted by atomic mass is 9.84. The molecule has 0 saturated carbocycles. The Morgan fingerprint density at radius 2 is 1.78 bits per heavy atom. The molecule has 2 atom stereocenters. The van der Waals surface area contributed by atoms with Crippen molar-refractivity contribution in [2.75, 3.05) is 26.7 Å². The molecule has 2 heterocycles. The lowest BCUT2D eigenvalue weighted by Crippen LogP contribution is -2.47. The molecule has 5 nitrogen and oxygen atoms in total. The average Bonchev–Trinajstić information content (AvgIpc) is 3.33. The Labute approximate surface area is 188 Å². The molecule has 1 aliphatic heterocycles. The largest absolute Gasteiger partial charge is 0.448 e. The van der Waals surface area contributed by atoms with Crippen LogP contribution in [0.3, 0.4) is 0 Å². The molecule has 0 aliphatic carbocycles. The SMILES string of the molecule is CCc1ccc(C2CC(c3nc(-c4ccc(F)cc4)co3)CN(C(=O)N(C)CC)C2)cc1. The molecule has 1 aliphatic rings. The number of hydrogen-bond acceptors (Lipinski definition) is 3. The summed E-state index contributed by atoms with van der Waals surface area (Å²) in [6.45, 7) is 6.02. The smallest absolute Gasteiger partial charge is 0.319 e. The van der Waals surface area contributed by atoms with Crippen molar-refractivity contribution in [3.05, 3.63) is 77.6 Å². The van der Waals surface area contributed by atoms with Crippen LogP contribution >= 0.6 is 0 Å². The number of carbonyl (C=O) groups is 1. The summed E-state index contributed by atoms with van der Waals surface area (Å²) >= 11 is 0. The first-order chi connectivity index (χ1) is 15.5. The van der Waals surface area contributed by atoms with Gasteiger partial charge in [-0.25, -0.2) is 14.2 Å². The first-order valence-electron chi connectivity index (χ1n) is 11.3. The normalized spacial score (nSPS) is 18.6. The number of carbonyl (C=O) groups excluding carboxylic acids is 1. The van der Waals surface area contributed by atoms with E-state index in [1.165, 1.54) is 23.3 Å². The minimum atomic E-state index is -0.282. The highest BCUT2D eigenvalue weighted by molar-refractivity contribution is 5.74. The van der Waals surface area contributed by atoms with Crippen LogP contribution in [-0.4, -0.2) is 47.5 Å². The summed E-state index contributed by atoms with van der Waals surface area (Å²) in [4.78, 5) is 21.4. The number of benzene rings is 2.